The van der Waals surface area contributed by atoms with Crippen LogP contribution in [-0.4, -0.2) is 54.1 Å². The molecule has 0 bridgehead atoms. The molecule has 1 saturated heterocycles. The fraction of sp³-hybridized carbons (Fsp3) is 0.455. The van der Waals surface area contributed by atoms with Crippen LogP contribution in [0.5, 0.6) is 0 Å². The number of aryl methyl sites for hydroxylation is 3. The second-order valence-electron chi connectivity index (χ2n) is 8.34. The molecule has 0 unspecified atom stereocenters. The molecule has 9 heteroatoms. The van der Waals surface area contributed by atoms with Crippen LogP contribution in [0, 0.1) is 19.8 Å². The van der Waals surface area contributed by atoms with Crippen LogP contribution >= 0.6 is 0 Å². The van der Waals surface area contributed by atoms with Crippen LogP contribution < -0.4 is 5.73 Å². The van der Waals surface area contributed by atoms with E-state index in [0.29, 0.717) is 19.4 Å². The largest absolute Gasteiger partial charge is 0.364 e. The van der Waals surface area contributed by atoms with Crippen LogP contribution in [0.15, 0.2) is 35.4 Å². The van der Waals surface area contributed by atoms with Gasteiger partial charge in [0.15, 0.2) is 0 Å². The molecule has 1 aromatic carbocycles. The Bertz CT molecular complexity index is 1100. The predicted molar refractivity (Wildman–Crippen MR) is 118 cm³/mol. The Morgan fingerprint density at radius 1 is 1.16 bits per heavy atom. The zero-order valence-electron chi connectivity index (χ0n) is 18.5. The number of piperidine rings is 1. The summed E-state index contributed by atoms with van der Waals surface area (Å²) < 4.78 is 28.7. The molecule has 168 valence electrons. The first-order valence-electron chi connectivity index (χ1n) is 10.3. The highest BCUT2D eigenvalue weighted by molar-refractivity contribution is 7.89. The molecule has 2 heterocycles. The molecule has 3 rings (SSSR count). The lowest BCUT2D eigenvalue weighted by molar-refractivity contribution is -0.135. The number of nitrogens with zero attached hydrogens (tertiary/aromatic N) is 3. The van der Waals surface area contributed by atoms with E-state index < -0.39 is 15.9 Å². The summed E-state index contributed by atoms with van der Waals surface area (Å²) >= 11 is 0. The molecular formula is C22H30N4O4S. The average molecular weight is 447 g/mol. The number of hydrogen-bond donors (Lipinski definition) is 1. The monoisotopic (exact) mass is 446 g/mol. The second-order valence-corrected chi connectivity index (χ2v) is 10.3. The van der Waals surface area contributed by atoms with Crippen molar-refractivity contribution in [3.05, 3.63) is 52.8 Å². The third-order valence-corrected chi connectivity index (χ3v) is 7.82. The van der Waals surface area contributed by atoms with Crippen LogP contribution in [0.4, 0.5) is 0 Å². The van der Waals surface area contributed by atoms with Crippen molar-refractivity contribution in [2.45, 2.75) is 38.1 Å². The van der Waals surface area contributed by atoms with Crippen molar-refractivity contribution in [1.29, 1.82) is 0 Å². The number of carbonyl (C=O) groups excluding carboxylic acids is 2. The minimum atomic E-state index is -3.75. The van der Waals surface area contributed by atoms with Crippen molar-refractivity contribution in [1.82, 2.24) is 13.8 Å². The van der Waals surface area contributed by atoms with Gasteiger partial charge in [0.2, 0.25) is 15.9 Å². The molecule has 0 spiro atoms. The topological polar surface area (TPSA) is 106 Å². The van der Waals surface area contributed by atoms with Gasteiger partial charge in [0.05, 0.1) is 0 Å². The smallest absolute Gasteiger partial charge is 0.265 e. The highest BCUT2D eigenvalue weighted by atomic mass is 32.2. The number of carbonyl (C=O) groups is 2. The molecule has 1 fully saturated rings. The third-order valence-electron chi connectivity index (χ3n) is 5.96. The number of hydrogen-bond acceptors (Lipinski definition) is 4. The van der Waals surface area contributed by atoms with Gasteiger partial charge in [0, 0.05) is 45.8 Å². The van der Waals surface area contributed by atoms with Crippen molar-refractivity contribution < 1.29 is 18.0 Å². The molecule has 2 N–H and O–H groups in total. The van der Waals surface area contributed by atoms with E-state index in [2.05, 4.69) is 6.07 Å². The van der Waals surface area contributed by atoms with E-state index >= 15 is 0 Å². The van der Waals surface area contributed by atoms with E-state index in [9.17, 15) is 18.0 Å². The van der Waals surface area contributed by atoms with E-state index in [-0.39, 0.29) is 35.5 Å². The Morgan fingerprint density at radius 3 is 2.35 bits per heavy atom. The molecule has 2 amide bonds. The first-order valence-corrected chi connectivity index (χ1v) is 11.7. The summed E-state index contributed by atoms with van der Waals surface area (Å²) in [6.45, 7) is 5.13. The fourth-order valence-corrected chi connectivity index (χ4v) is 5.62. The molecule has 8 nitrogen and oxygen atoms in total. The summed E-state index contributed by atoms with van der Waals surface area (Å²) in [5.74, 6) is -0.855. The number of aromatic nitrogens is 1. The maximum absolute atomic E-state index is 13.0. The van der Waals surface area contributed by atoms with Crippen molar-refractivity contribution in [3.63, 3.8) is 0 Å². The number of nitrogens with two attached hydrogens (primary N) is 1. The minimum Gasteiger partial charge on any atom is -0.364 e. The number of primary amides is 1. The van der Waals surface area contributed by atoms with Gasteiger partial charge in [0.25, 0.3) is 5.91 Å². The van der Waals surface area contributed by atoms with E-state index in [0.717, 1.165) is 11.1 Å². The van der Waals surface area contributed by atoms with Crippen molar-refractivity contribution in [3.8, 4) is 0 Å². The lowest BCUT2D eigenvalue weighted by atomic mass is 9.96. The average Bonchev–Trinajstić information content (AvgIpc) is 3.12. The molecule has 0 atom stereocenters. The molecule has 1 aliphatic rings. The van der Waals surface area contributed by atoms with Gasteiger partial charge in [-0.1, -0.05) is 23.8 Å². The van der Waals surface area contributed by atoms with Crippen LogP contribution in [0.2, 0.25) is 0 Å². The van der Waals surface area contributed by atoms with Crippen molar-refractivity contribution in [2.75, 3.05) is 20.1 Å². The van der Waals surface area contributed by atoms with Crippen molar-refractivity contribution in [2.24, 2.45) is 18.7 Å². The summed E-state index contributed by atoms with van der Waals surface area (Å²) in [6.07, 6.45) is 2.32. The zero-order chi connectivity index (χ0) is 22.9. The maximum atomic E-state index is 13.0. The number of rotatable bonds is 6. The van der Waals surface area contributed by atoms with Crippen LogP contribution in [0.25, 0.3) is 0 Å². The van der Waals surface area contributed by atoms with Gasteiger partial charge in [-0.05, 0) is 43.9 Å². The summed E-state index contributed by atoms with van der Waals surface area (Å²) in [5.41, 5.74) is 8.87. The Morgan fingerprint density at radius 2 is 1.81 bits per heavy atom. The molecule has 1 aromatic heterocycles. The summed E-state index contributed by atoms with van der Waals surface area (Å²) in [6, 6.07) is 7.48. The lowest BCUT2D eigenvalue weighted by Crippen LogP contribution is -2.43. The first kappa shape index (κ1) is 23.0. The molecule has 31 heavy (non-hydrogen) atoms. The summed E-state index contributed by atoms with van der Waals surface area (Å²) in [7, 11) is -0.374. The lowest BCUT2D eigenvalue weighted by Gasteiger charge is -2.32. The van der Waals surface area contributed by atoms with Crippen LogP contribution in [-0.2, 0) is 28.4 Å². The standard InChI is InChI=1S/C22H30N4O4S/c1-15-5-6-18(16(2)11-15)13-25(4)22(28)17-7-9-26(10-8-17)31(29,30)19-12-20(21(23)27)24(3)14-19/h5-6,11-12,14,17H,7-10,13H2,1-4H3,(H2,23,27). The summed E-state index contributed by atoms with van der Waals surface area (Å²) in [5, 5.41) is 0. The highest BCUT2D eigenvalue weighted by Crippen LogP contribution is 2.26. The predicted octanol–water partition coefficient (Wildman–Crippen LogP) is 1.80. The highest BCUT2D eigenvalue weighted by Gasteiger charge is 2.34. The van der Waals surface area contributed by atoms with Gasteiger partial charge in [-0.3, -0.25) is 9.59 Å². The molecule has 0 aliphatic carbocycles. The number of sulfonamides is 1. The van der Waals surface area contributed by atoms with E-state index in [1.165, 1.54) is 26.7 Å². The molecule has 0 radical (unpaired) electrons. The first-order chi connectivity index (χ1) is 14.5. The van der Waals surface area contributed by atoms with E-state index in [4.69, 9.17) is 5.73 Å². The summed E-state index contributed by atoms with van der Waals surface area (Å²) in [4.78, 5) is 26.1. The Balaban J connectivity index is 1.63. The molecular weight excluding hydrogens is 416 g/mol. The van der Waals surface area contributed by atoms with Crippen LogP contribution in [0.1, 0.15) is 40.0 Å². The van der Waals surface area contributed by atoms with Gasteiger partial charge >= 0.3 is 0 Å². The van der Waals surface area contributed by atoms with Gasteiger partial charge in [-0.15, -0.1) is 0 Å². The van der Waals surface area contributed by atoms with Gasteiger partial charge in [-0.2, -0.15) is 4.31 Å². The number of amides is 2. The maximum Gasteiger partial charge on any atom is 0.265 e. The third kappa shape index (κ3) is 4.83. The van der Waals surface area contributed by atoms with Gasteiger partial charge < -0.3 is 15.2 Å². The van der Waals surface area contributed by atoms with Crippen LogP contribution in [0.3, 0.4) is 0 Å². The molecule has 0 saturated carbocycles. The van der Waals surface area contributed by atoms with E-state index in [1.807, 2.05) is 26.0 Å². The minimum absolute atomic E-state index is 0.0350. The molecule has 1 aliphatic heterocycles. The van der Waals surface area contributed by atoms with Crippen molar-refractivity contribution >= 4 is 21.8 Å². The Labute approximate surface area is 183 Å². The van der Waals surface area contributed by atoms with Gasteiger partial charge in [-0.25, -0.2) is 8.42 Å². The quantitative estimate of drug-likeness (QED) is 0.730. The zero-order valence-corrected chi connectivity index (χ0v) is 19.3. The Hall–Kier alpha value is -2.65. The Kier molecular flexibility index (Phi) is 6.56. The normalized spacial score (nSPS) is 15.7. The van der Waals surface area contributed by atoms with Gasteiger partial charge in [0.1, 0.15) is 10.6 Å². The SMILES string of the molecule is Cc1ccc(CN(C)C(=O)C2CCN(S(=O)(=O)c3cc(C(N)=O)n(C)c3)CC2)c(C)c1. The fourth-order valence-electron chi connectivity index (χ4n) is 4.08. The number of benzene rings is 1. The second kappa shape index (κ2) is 8.84. The molecule has 2 aromatic rings. The van der Waals surface area contributed by atoms with E-state index in [1.54, 1.807) is 19.0 Å².